The van der Waals surface area contributed by atoms with E-state index in [1.165, 1.54) is 0 Å². The second kappa shape index (κ2) is 5.99. The first-order valence-corrected chi connectivity index (χ1v) is 5.90. The summed E-state index contributed by atoms with van der Waals surface area (Å²) in [4.78, 5) is 0. The van der Waals surface area contributed by atoms with E-state index in [1.807, 2.05) is 0 Å². The molecule has 0 aliphatic rings. The van der Waals surface area contributed by atoms with Gasteiger partial charge in [-0.2, -0.15) is 0 Å². The van der Waals surface area contributed by atoms with Crippen molar-refractivity contribution in [3.63, 3.8) is 0 Å². The summed E-state index contributed by atoms with van der Waals surface area (Å²) in [6, 6.07) is 0. The first kappa shape index (κ1) is 13.4. The average Bonchev–Trinajstić information content (AvgIpc) is 2.16. The predicted octanol–water partition coefficient (Wildman–Crippen LogP) is 2.58. The molecule has 1 N–H and O–H groups in total. The fraction of sp³-hybridized carbons (Fsp3) is 1.00. The van der Waals surface area contributed by atoms with Crippen LogP contribution in [0.15, 0.2) is 0 Å². The Bertz CT molecular complexity index is 135. The van der Waals surface area contributed by atoms with E-state index in [0.717, 1.165) is 12.8 Å². The van der Waals surface area contributed by atoms with Gasteiger partial charge in [0.15, 0.2) is 0 Å². The van der Waals surface area contributed by atoms with Crippen LogP contribution >= 0.6 is 15.9 Å². The van der Waals surface area contributed by atoms with Crippen molar-refractivity contribution in [2.75, 3.05) is 12.4 Å². The average molecular weight is 253 g/mol. The van der Waals surface area contributed by atoms with Crippen molar-refractivity contribution >= 4 is 15.9 Å². The maximum absolute atomic E-state index is 9.58. The summed E-state index contributed by atoms with van der Waals surface area (Å²) in [7, 11) is 1.73. The van der Waals surface area contributed by atoms with Crippen molar-refractivity contribution in [2.24, 2.45) is 5.92 Å². The Kier molecular flexibility index (Phi) is 6.18. The van der Waals surface area contributed by atoms with Crippen LogP contribution in [0.4, 0.5) is 0 Å². The number of hydrogen-bond acceptors (Lipinski definition) is 2. The molecule has 0 aliphatic heterocycles. The van der Waals surface area contributed by atoms with Gasteiger partial charge in [0.2, 0.25) is 0 Å². The molecule has 0 heterocycles. The zero-order valence-corrected chi connectivity index (χ0v) is 10.6. The van der Waals surface area contributed by atoms with Crippen molar-refractivity contribution < 1.29 is 9.84 Å². The Balaban J connectivity index is 4.08. The SMILES string of the molecule is CCC(C)(CC(C)C(O)CBr)OC. The lowest BCUT2D eigenvalue weighted by atomic mass is 9.88. The molecule has 0 fully saturated rings. The summed E-state index contributed by atoms with van der Waals surface area (Å²) in [6.45, 7) is 6.25. The fourth-order valence-corrected chi connectivity index (χ4v) is 1.98. The standard InChI is InChI=1S/C10H21BrO2/c1-5-10(3,13-4)6-8(2)9(12)7-11/h8-9,12H,5-7H2,1-4H3. The van der Waals surface area contributed by atoms with Gasteiger partial charge in [-0.15, -0.1) is 0 Å². The summed E-state index contributed by atoms with van der Waals surface area (Å²) in [5.41, 5.74) is -0.0947. The minimum Gasteiger partial charge on any atom is -0.392 e. The summed E-state index contributed by atoms with van der Waals surface area (Å²) >= 11 is 3.28. The monoisotopic (exact) mass is 252 g/mol. The highest BCUT2D eigenvalue weighted by atomic mass is 79.9. The molecule has 0 aliphatic carbocycles. The van der Waals surface area contributed by atoms with Crippen molar-refractivity contribution in [3.8, 4) is 0 Å². The zero-order chi connectivity index (χ0) is 10.5. The predicted molar refractivity (Wildman–Crippen MR) is 59.3 cm³/mol. The van der Waals surface area contributed by atoms with Crippen LogP contribution < -0.4 is 0 Å². The number of methoxy groups -OCH3 is 1. The van der Waals surface area contributed by atoms with Gasteiger partial charge >= 0.3 is 0 Å². The van der Waals surface area contributed by atoms with Crippen molar-refractivity contribution in [1.82, 2.24) is 0 Å². The molecule has 0 spiro atoms. The molecule has 80 valence electrons. The normalized spacial score (nSPS) is 20.8. The fourth-order valence-electron chi connectivity index (χ4n) is 1.34. The molecule has 0 aromatic rings. The lowest BCUT2D eigenvalue weighted by Gasteiger charge is -2.31. The van der Waals surface area contributed by atoms with Crippen molar-refractivity contribution in [3.05, 3.63) is 0 Å². The quantitative estimate of drug-likeness (QED) is 0.737. The molecule has 3 atom stereocenters. The number of ether oxygens (including phenoxy) is 1. The molecule has 0 aromatic carbocycles. The summed E-state index contributed by atoms with van der Waals surface area (Å²) < 4.78 is 5.43. The van der Waals surface area contributed by atoms with E-state index in [1.54, 1.807) is 7.11 Å². The molecule has 3 heteroatoms. The molecular formula is C10H21BrO2. The lowest BCUT2D eigenvalue weighted by molar-refractivity contribution is -0.0296. The number of alkyl halides is 1. The third-order valence-corrected chi connectivity index (χ3v) is 3.47. The molecule has 0 saturated carbocycles. The topological polar surface area (TPSA) is 29.5 Å². The van der Waals surface area contributed by atoms with Crippen LogP contribution in [0.2, 0.25) is 0 Å². The van der Waals surface area contributed by atoms with E-state index in [-0.39, 0.29) is 17.6 Å². The van der Waals surface area contributed by atoms with Crippen molar-refractivity contribution in [1.29, 1.82) is 0 Å². The number of aliphatic hydroxyl groups excluding tert-OH is 1. The molecule has 0 aromatic heterocycles. The van der Waals surface area contributed by atoms with Crippen LogP contribution in [-0.2, 0) is 4.74 Å². The molecule has 3 unspecified atom stereocenters. The summed E-state index contributed by atoms with van der Waals surface area (Å²) in [5, 5.41) is 10.2. The Morgan fingerprint density at radius 1 is 1.54 bits per heavy atom. The third-order valence-electron chi connectivity index (χ3n) is 2.81. The summed E-state index contributed by atoms with van der Waals surface area (Å²) in [6.07, 6.45) is 1.59. The molecule has 13 heavy (non-hydrogen) atoms. The van der Waals surface area contributed by atoms with E-state index >= 15 is 0 Å². The van der Waals surface area contributed by atoms with E-state index in [9.17, 15) is 5.11 Å². The Morgan fingerprint density at radius 2 is 2.08 bits per heavy atom. The smallest absolute Gasteiger partial charge is 0.0663 e. The van der Waals surface area contributed by atoms with Crippen molar-refractivity contribution in [2.45, 2.75) is 45.3 Å². The van der Waals surface area contributed by atoms with Gasteiger partial charge in [0, 0.05) is 12.4 Å². The highest BCUT2D eigenvalue weighted by molar-refractivity contribution is 9.09. The highest BCUT2D eigenvalue weighted by Gasteiger charge is 2.26. The van der Waals surface area contributed by atoms with Crippen LogP contribution in [0.25, 0.3) is 0 Å². The largest absolute Gasteiger partial charge is 0.392 e. The molecular weight excluding hydrogens is 232 g/mol. The molecule has 0 amide bonds. The van der Waals surface area contributed by atoms with Gasteiger partial charge in [-0.05, 0) is 25.7 Å². The van der Waals surface area contributed by atoms with Crippen LogP contribution in [-0.4, -0.2) is 29.3 Å². The van der Waals surface area contributed by atoms with E-state index in [0.29, 0.717) is 5.33 Å². The first-order valence-electron chi connectivity index (χ1n) is 4.78. The van der Waals surface area contributed by atoms with E-state index in [4.69, 9.17) is 4.74 Å². The Morgan fingerprint density at radius 3 is 2.38 bits per heavy atom. The van der Waals surface area contributed by atoms with Gasteiger partial charge in [-0.25, -0.2) is 0 Å². The van der Waals surface area contributed by atoms with Gasteiger partial charge in [0.1, 0.15) is 0 Å². The van der Waals surface area contributed by atoms with Gasteiger partial charge < -0.3 is 9.84 Å². The molecule has 0 saturated heterocycles. The Labute approximate surface area is 89.8 Å². The first-order chi connectivity index (χ1) is 5.99. The van der Waals surface area contributed by atoms with Gasteiger partial charge in [0.25, 0.3) is 0 Å². The lowest BCUT2D eigenvalue weighted by Crippen LogP contribution is -2.33. The van der Waals surface area contributed by atoms with Gasteiger partial charge in [0.05, 0.1) is 11.7 Å². The zero-order valence-electron chi connectivity index (χ0n) is 9.01. The van der Waals surface area contributed by atoms with E-state index in [2.05, 4.69) is 36.7 Å². The maximum Gasteiger partial charge on any atom is 0.0663 e. The number of hydrogen-bond donors (Lipinski definition) is 1. The van der Waals surface area contributed by atoms with Crippen LogP contribution in [0.1, 0.15) is 33.6 Å². The second-order valence-electron chi connectivity index (χ2n) is 3.91. The van der Waals surface area contributed by atoms with Gasteiger partial charge in [-0.3, -0.25) is 0 Å². The van der Waals surface area contributed by atoms with Gasteiger partial charge in [-0.1, -0.05) is 29.8 Å². The molecule has 0 rings (SSSR count). The molecule has 0 bridgehead atoms. The molecule has 2 nitrogen and oxygen atoms in total. The number of rotatable bonds is 6. The molecule has 0 radical (unpaired) electrons. The van der Waals surface area contributed by atoms with E-state index < -0.39 is 0 Å². The van der Waals surface area contributed by atoms with Crippen LogP contribution in [0, 0.1) is 5.92 Å². The van der Waals surface area contributed by atoms with Crippen LogP contribution in [0.5, 0.6) is 0 Å². The highest BCUT2D eigenvalue weighted by Crippen LogP contribution is 2.25. The minimum absolute atomic E-state index is 0.0947. The second-order valence-corrected chi connectivity index (χ2v) is 4.56. The summed E-state index contributed by atoms with van der Waals surface area (Å²) in [5.74, 6) is 0.268. The van der Waals surface area contributed by atoms with Crippen LogP contribution in [0.3, 0.4) is 0 Å². The maximum atomic E-state index is 9.58. The number of halogens is 1. The number of aliphatic hydroxyl groups is 1. The Hall–Kier alpha value is 0.400. The minimum atomic E-state index is -0.277. The third kappa shape index (κ3) is 4.43.